The quantitative estimate of drug-likeness (QED) is 0.436. The molecular formula is C30H24ClNO5. The molecule has 0 saturated carbocycles. The van der Waals surface area contributed by atoms with Crippen LogP contribution in [0.2, 0.25) is 5.02 Å². The molecule has 0 radical (unpaired) electrons. The summed E-state index contributed by atoms with van der Waals surface area (Å²) in [5.41, 5.74) is 1.48. The van der Waals surface area contributed by atoms with Gasteiger partial charge >= 0.3 is 0 Å². The van der Waals surface area contributed by atoms with Crippen LogP contribution in [0.25, 0.3) is 6.08 Å². The van der Waals surface area contributed by atoms with Gasteiger partial charge in [-0.2, -0.15) is 0 Å². The van der Waals surface area contributed by atoms with Crippen molar-refractivity contribution in [1.82, 2.24) is 0 Å². The van der Waals surface area contributed by atoms with Crippen LogP contribution in [0.5, 0.6) is 11.5 Å². The summed E-state index contributed by atoms with van der Waals surface area (Å²) in [6, 6.07) is 16.2. The van der Waals surface area contributed by atoms with E-state index in [4.69, 9.17) is 21.1 Å². The number of hydrogen-bond acceptors (Lipinski definition) is 6. The van der Waals surface area contributed by atoms with Crippen LogP contribution >= 0.6 is 11.6 Å². The predicted molar refractivity (Wildman–Crippen MR) is 141 cm³/mol. The number of Topliss-reactive ketones (excluding diaryl/α,β-unsaturated/α-hetero) is 3. The molecule has 3 aliphatic rings. The maximum absolute atomic E-state index is 14.4. The first-order chi connectivity index (χ1) is 17.8. The number of carbonyl (C=O) groups is 3. The lowest BCUT2D eigenvalue weighted by Crippen LogP contribution is -2.48. The normalized spacial score (nSPS) is 22.6. The first-order valence-corrected chi connectivity index (χ1v) is 12.4. The number of nitrogens with zero attached hydrogens (tertiary/aromatic N) is 1. The van der Waals surface area contributed by atoms with E-state index in [1.54, 1.807) is 49.6 Å². The summed E-state index contributed by atoms with van der Waals surface area (Å²) >= 11 is 6.28. The fourth-order valence-electron chi connectivity index (χ4n) is 6.52. The van der Waals surface area contributed by atoms with Crippen molar-refractivity contribution in [3.05, 3.63) is 94.0 Å². The Kier molecular flexibility index (Phi) is 5.28. The van der Waals surface area contributed by atoms with Crippen LogP contribution in [0, 0.1) is 5.41 Å². The van der Waals surface area contributed by atoms with Crippen LogP contribution in [-0.2, 0) is 4.79 Å². The summed E-state index contributed by atoms with van der Waals surface area (Å²) in [5, 5.41) is 0.562. The van der Waals surface area contributed by atoms with Gasteiger partial charge in [0, 0.05) is 27.8 Å². The van der Waals surface area contributed by atoms with E-state index >= 15 is 0 Å². The average Bonchev–Trinajstić information content (AvgIpc) is 3.34. The number of hydrogen-bond donors (Lipinski definition) is 0. The van der Waals surface area contributed by atoms with Crippen molar-refractivity contribution in [3.63, 3.8) is 0 Å². The van der Waals surface area contributed by atoms with Gasteiger partial charge in [-0.25, -0.2) is 0 Å². The molecule has 6 nitrogen and oxygen atoms in total. The molecule has 3 aromatic carbocycles. The molecule has 3 aromatic rings. The van der Waals surface area contributed by atoms with Gasteiger partial charge in [0.1, 0.15) is 5.41 Å². The fraction of sp³-hybridized carbons (Fsp3) is 0.233. The number of fused-ring (bicyclic) bond motifs is 5. The molecule has 2 aliphatic heterocycles. The van der Waals surface area contributed by atoms with Crippen molar-refractivity contribution in [2.75, 3.05) is 19.1 Å². The Labute approximate surface area is 219 Å². The molecule has 0 bridgehead atoms. The summed E-state index contributed by atoms with van der Waals surface area (Å²) in [4.78, 5) is 44.3. The number of benzene rings is 3. The molecule has 1 aliphatic carbocycles. The molecule has 186 valence electrons. The van der Waals surface area contributed by atoms with Gasteiger partial charge in [-0.05, 0) is 48.4 Å². The maximum atomic E-state index is 14.4. The van der Waals surface area contributed by atoms with Gasteiger partial charge in [0.15, 0.2) is 28.8 Å². The molecular weight excluding hydrogens is 490 g/mol. The first-order valence-electron chi connectivity index (χ1n) is 12.0. The number of rotatable bonds is 4. The molecule has 3 atom stereocenters. The molecule has 1 fully saturated rings. The number of methoxy groups -OCH3 is 2. The Morgan fingerprint density at radius 3 is 2.22 bits per heavy atom. The van der Waals surface area contributed by atoms with Crippen molar-refractivity contribution < 1.29 is 23.9 Å². The van der Waals surface area contributed by atoms with Crippen LogP contribution < -0.4 is 14.4 Å². The van der Waals surface area contributed by atoms with E-state index < -0.39 is 23.4 Å². The molecule has 1 spiro atoms. The third kappa shape index (κ3) is 3.02. The van der Waals surface area contributed by atoms with Crippen LogP contribution in [-0.4, -0.2) is 43.7 Å². The number of ether oxygens (including phenoxy) is 2. The summed E-state index contributed by atoms with van der Waals surface area (Å²) in [7, 11) is 3.07. The highest BCUT2D eigenvalue weighted by Gasteiger charge is 2.71. The topological polar surface area (TPSA) is 72.9 Å². The number of anilines is 1. The number of ketones is 3. The summed E-state index contributed by atoms with van der Waals surface area (Å²) < 4.78 is 11.0. The largest absolute Gasteiger partial charge is 0.493 e. The third-order valence-corrected chi connectivity index (χ3v) is 8.18. The van der Waals surface area contributed by atoms with Gasteiger partial charge in [-0.3, -0.25) is 14.4 Å². The smallest absolute Gasteiger partial charge is 0.180 e. The molecule has 0 amide bonds. The van der Waals surface area contributed by atoms with Crippen molar-refractivity contribution in [2.45, 2.75) is 24.9 Å². The zero-order valence-corrected chi connectivity index (χ0v) is 21.3. The van der Waals surface area contributed by atoms with E-state index in [1.165, 1.54) is 14.0 Å². The van der Waals surface area contributed by atoms with Gasteiger partial charge in [-0.15, -0.1) is 0 Å². The van der Waals surface area contributed by atoms with Crippen LogP contribution in [0.1, 0.15) is 44.7 Å². The minimum absolute atomic E-state index is 0.144. The number of carbonyl (C=O) groups excluding carboxylic acids is 3. The maximum Gasteiger partial charge on any atom is 0.180 e. The number of halogens is 1. The molecule has 2 heterocycles. The molecule has 0 N–H and O–H groups in total. The van der Waals surface area contributed by atoms with E-state index in [2.05, 4.69) is 0 Å². The molecule has 6 rings (SSSR count). The van der Waals surface area contributed by atoms with Crippen molar-refractivity contribution in [3.8, 4) is 11.5 Å². The van der Waals surface area contributed by atoms with E-state index in [9.17, 15) is 14.4 Å². The predicted octanol–water partition coefficient (Wildman–Crippen LogP) is 5.38. The average molecular weight is 514 g/mol. The highest BCUT2D eigenvalue weighted by molar-refractivity contribution is 6.32. The minimum atomic E-state index is -1.53. The molecule has 0 aromatic heterocycles. The Bertz CT molecular complexity index is 1490. The Morgan fingerprint density at radius 1 is 0.919 bits per heavy atom. The second kappa shape index (κ2) is 8.32. The lowest BCUT2D eigenvalue weighted by atomic mass is 9.64. The van der Waals surface area contributed by atoms with E-state index in [-0.39, 0.29) is 17.3 Å². The molecule has 37 heavy (non-hydrogen) atoms. The van der Waals surface area contributed by atoms with E-state index in [0.29, 0.717) is 33.2 Å². The molecule has 7 heteroatoms. The first kappa shape index (κ1) is 23.5. The summed E-state index contributed by atoms with van der Waals surface area (Å²) in [6.07, 6.45) is 3.76. The zero-order chi connectivity index (χ0) is 26.1. The lowest BCUT2D eigenvalue weighted by molar-refractivity contribution is -0.118. The Balaban J connectivity index is 1.67. The molecule has 0 unspecified atom stereocenters. The second-order valence-corrected chi connectivity index (χ2v) is 10.1. The van der Waals surface area contributed by atoms with E-state index in [1.807, 2.05) is 35.3 Å². The Hall–Kier alpha value is -3.90. The summed E-state index contributed by atoms with van der Waals surface area (Å²) in [5.74, 6) is -0.478. The molecule has 1 saturated heterocycles. The highest BCUT2D eigenvalue weighted by atomic mass is 35.5. The van der Waals surface area contributed by atoms with Gasteiger partial charge in [0.2, 0.25) is 0 Å². The fourth-order valence-corrected chi connectivity index (χ4v) is 6.70. The van der Waals surface area contributed by atoms with Gasteiger partial charge in [0.25, 0.3) is 0 Å². The van der Waals surface area contributed by atoms with E-state index in [0.717, 1.165) is 11.3 Å². The van der Waals surface area contributed by atoms with Crippen molar-refractivity contribution >= 4 is 40.7 Å². The third-order valence-electron chi connectivity index (χ3n) is 7.95. The standard InChI is InChI=1S/C30H24ClNO5/c1-16(33)27-26(18-8-12-23(36-2)24(15-18)37-3)30(28(34)20-6-4-5-7-21(20)29(30)35)25-13-9-17-14-19(31)10-11-22(17)32(25)27/h4-15,25-27H,1-3H3/t25-,26-,27+/m1/s1. The SMILES string of the molecule is COc1ccc([C@@H]2[C@H](C(C)=O)N3c4ccc(Cl)cc4C=C[C@@H]3C23C(=O)c2ccccc2C3=O)cc1OC. The van der Waals surface area contributed by atoms with Crippen LogP contribution in [0.3, 0.4) is 0 Å². The van der Waals surface area contributed by atoms with Gasteiger partial charge in [0.05, 0.1) is 26.3 Å². The lowest BCUT2D eigenvalue weighted by Gasteiger charge is -2.37. The highest BCUT2D eigenvalue weighted by Crippen LogP contribution is 2.61. The van der Waals surface area contributed by atoms with Crippen molar-refractivity contribution in [2.24, 2.45) is 5.41 Å². The zero-order valence-electron chi connectivity index (χ0n) is 20.5. The van der Waals surface area contributed by atoms with Crippen molar-refractivity contribution in [1.29, 1.82) is 0 Å². The van der Waals surface area contributed by atoms with Gasteiger partial charge in [-0.1, -0.05) is 54.1 Å². The minimum Gasteiger partial charge on any atom is -0.493 e. The van der Waals surface area contributed by atoms with Crippen LogP contribution in [0.4, 0.5) is 5.69 Å². The van der Waals surface area contributed by atoms with Gasteiger partial charge < -0.3 is 14.4 Å². The van der Waals surface area contributed by atoms with Crippen LogP contribution in [0.15, 0.2) is 66.7 Å². The summed E-state index contributed by atoms with van der Waals surface area (Å²) in [6.45, 7) is 1.51. The Morgan fingerprint density at radius 2 is 1.59 bits per heavy atom. The second-order valence-electron chi connectivity index (χ2n) is 9.63. The monoisotopic (exact) mass is 513 g/mol.